The SMILES string of the molecule is C[C@@H](NC(N)=O)[C@H]1C(=O)N2C(C(=O)O)=C(S[C@@H]3CN[C@H](C(=O)N(C)C)C3)[C@H](C)[C@H]12. The van der Waals surface area contributed by atoms with Gasteiger partial charge in [-0.3, -0.25) is 9.59 Å². The molecule has 5 N–H and O–H groups in total. The number of carboxylic acids is 1. The van der Waals surface area contributed by atoms with E-state index in [2.05, 4.69) is 10.6 Å². The molecular formula is C18H27N5O5S. The Hall–Kier alpha value is -2.27. The number of aliphatic carboxylic acids is 1. The van der Waals surface area contributed by atoms with Crippen molar-refractivity contribution in [1.29, 1.82) is 0 Å². The summed E-state index contributed by atoms with van der Waals surface area (Å²) in [6, 6.07) is -1.83. The Morgan fingerprint density at radius 1 is 1.38 bits per heavy atom. The fourth-order valence-electron chi connectivity index (χ4n) is 4.48. The molecule has 29 heavy (non-hydrogen) atoms. The number of rotatable bonds is 6. The Morgan fingerprint density at radius 3 is 2.59 bits per heavy atom. The zero-order valence-electron chi connectivity index (χ0n) is 16.8. The molecule has 0 bridgehead atoms. The lowest BCUT2D eigenvalue weighted by atomic mass is 9.78. The number of amides is 4. The first-order valence-electron chi connectivity index (χ1n) is 9.52. The standard InChI is InChI=1S/C18H27N5O5S/c1-7-12-11(8(2)21-18(19)28)16(25)23(12)13(17(26)27)14(7)29-9-5-10(20-6-9)15(24)22(3)4/h7-12,20H,5-6H2,1-4H3,(H,26,27)(H3,19,21,28)/t7-,8-,9+,10+,11-,12-/m1/s1. The number of hydrogen-bond acceptors (Lipinski definition) is 6. The number of carbonyl (C=O) groups excluding carboxylic acids is 3. The Morgan fingerprint density at radius 2 is 2.03 bits per heavy atom. The van der Waals surface area contributed by atoms with Crippen molar-refractivity contribution < 1.29 is 24.3 Å². The van der Waals surface area contributed by atoms with E-state index in [1.807, 2.05) is 6.92 Å². The summed E-state index contributed by atoms with van der Waals surface area (Å²) in [4.78, 5) is 51.5. The van der Waals surface area contributed by atoms with Crippen LogP contribution in [0.15, 0.2) is 10.6 Å². The molecule has 0 radical (unpaired) electrons. The molecule has 0 saturated carbocycles. The molecule has 2 fully saturated rings. The first-order chi connectivity index (χ1) is 13.5. The van der Waals surface area contributed by atoms with E-state index in [1.54, 1.807) is 21.0 Å². The van der Waals surface area contributed by atoms with Crippen molar-refractivity contribution in [2.45, 2.75) is 43.6 Å². The molecule has 0 aliphatic carbocycles. The molecule has 0 aromatic rings. The van der Waals surface area contributed by atoms with Gasteiger partial charge in [0.2, 0.25) is 11.8 Å². The van der Waals surface area contributed by atoms with Crippen molar-refractivity contribution in [2.75, 3.05) is 20.6 Å². The smallest absolute Gasteiger partial charge is 0.353 e. The van der Waals surface area contributed by atoms with Crippen LogP contribution in [0.25, 0.3) is 0 Å². The summed E-state index contributed by atoms with van der Waals surface area (Å²) in [7, 11) is 3.40. The van der Waals surface area contributed by atoms with Crippen LogP contribution in [-0.2, 0) is 14.4 Å². The Labute approximate surface area is 173 Å². The van der Waals surface area contributed by atoms with Crippen LogP contribution in [0.1, 0.15) is 20.3 Å². The zero-order chi connectivity index (χ0) is 21.6. The first-order valence-corrected chi connectivity index (χ1v) is 10.4. The number of likely N-dealkylation sites (N-methyl/N-ethyl adjacent to an activating group) is 1. The summed E-state index contributed by atoms with van der Waals surface area (Å²) in [5.41, 5.74) is 5.19. The van der Waals surface area contributed by atoms with E-state index in [0.717, 1.165) is 0 Å². The van der Waals surface area contributed by atoms with Crippen LogP contribution in [0.2, 0.25) is 0 Å². The Balaban J connectivity index is 1.77. The molecule has 160 valence electrons. The molecule has 4 amide bonds. The van der Waals surface area contributed by atoms with Crippen LogP contribution in [0, 0.1) is 11.8 Å². The van der Waals surface area contributed by atoms with E-state index >= 15 is 0 Å². The predicted octanol–water partition coefficient (Wildman–Crippen LogP) is -0.632. The summed E-state index contributed by atoms with van der Waals surface area (Å²) in [6.07, 6.45) is 0.590. The highest BCUT2D eigenvalue weighted by atomic mass is 32.2. The Bertz CT molecular complexity index is 785. The van der Waals surface area contributed by atoms with E-state index in [-0.39, 0.29) is 40.8 Å². The van der Waals surface area contributed by atoms with Gasteiger partial charge < -0.3 is 31.3 Å². The van der Waals surface area contributed by atoms with Crippen LogP contribution in [0.3, 0.4) is 0 Å². The fraction of sp³-hybridized carbons (Fsp3) is 0.667. The Kier molecular flexibility index (Phi) is 5.81. The highest BCUT2D eigenvalue weighted by Crippen LogP contribution is 2.51. The number of urea groups is 1. The van der Waals surface area contributed by atoms with Gasteiger partial charge in [-0.1, -0.05) is 6.92 Å². The van der Waals surface area contributed by atoms with Crippen LogP contribution in [0.5, 0.6) is 0 Å². The van der Waals surface area contributed by atoms with Gasteiger partial charge in [-0.2, -0.15) is 0 Å². The number of primary amides is 1. The van der Waals surface area contributed by atoms with Gasteiger partial charge in [-0.15, -0.1) is 11.8 Å². The number of nitrogens with zero attached hydrogens (tertiary/aromatic N) is 2. The quantitative estimate of drug-likeness (QED) is 0.415. The monoisotopic (exact) mass is 425 g/mol. The molecule has 0 unspecified atom stereocenters. The molecule has 6 atom stereocenters. The molecule has 0 spiro atoms. The second-order valence-electron chi connectivity index (χ2n) is 8.00. The minimum absolute atomic E-state index is 0.00887. The van der Waals surface area contributed by atoms with Gasteiger partial charge in [0, 0.05) is 42.8 Å². The topological polar surface area (TPSA) is 145 Å². The number of carbonyl (C=O) groups is 4. The van der Waals surface area contributed by atoms with Gasteiger partial charge in [0.15, 0.2) is 0 Å². The average molecular weight is 426 g/mol. The van der Waals surface area contributed by atoms with Crippen molar-refractivity contribution in [2.24, 2.45) is 17.6 Å². The lowest BCUT2D eigenvalue weighted by Crippen LogP contribution is -2.66. The zero-order valence-corrected chi connectivity index (χ0v) is 17.7. The number of hydrogen-bond donors (Lipinski definition) is 4. The second-order valence-corrected chi connectivity index (χ2v) is 9.34. The maximum Gasteiger partial charge on any atom is 0.353 e. The molecule has 0 aromatic heterocycles. The minimum atomic E-state index is -1.14. The van der Waals surface area contributed by atoms with E-state index in [9.17, 15) is 24.3 Å². The van der Waals surface area contributed by atoms with Crippen molar-refractivity contribution in [3.05, 3.63) is 10.6 Å². The molecule has 3 rings (SSSR count). The van der Waals surface area contributed by atoms with Crippen LogP contribution >= 0.6 is 11.8 Å². The summed E-state index contributed by atoms with van der Waals surface area (Å²) >= 11 is 1.43. The second kappa shape index (κ2) is 7.86. The van der Waals surface area contributed by atoms with Crippen molar-refractivity contribution >= 4 is 35.6 Å². The summed E-state index contributed by atoms with van der Waals surface area (Å²) in [5, 5.41) is 15.5. The number of nitrogens with one attached hydrogen (secondary N) is 2. The first kappa shape index (κ1) is 21.4. The van der Waals surface area contributed by atoms with Crippen molar-refractivity contribution in [3.8, 4) is 0 Å². The lowest BCUT2D eigenvalue weighted by molar-refractivity contribution is -0.158. The molecule has 2 saturated heterocycles. The molecule has 11 heteroatoms. The number of carboxylic acid groups (broad SMARTS) is 1. The van der Waals surface area contributed by atoms with Crippen molar-refractivity contribution in [3.63, 3.8) is 0 Å². The number of β-lactam (4-membered cyclic amide) rings is 1. The normalized spacial score (nSPS) is 31.9. The molecule has 10 nitrogen and oxygen atoms in total. The molecule has 3 heterocycles. The van der Waals surface area contributed by atoms with E-state index in [4.69, 9.17) is 5.73 Å². The number of thioether (sulfide) groups is 1. The van der Waals surface area contributed by atoms with Gasteiger partial charge in [0.1, 0.15) is 5.70 Å². The number of nitrogens with two attached hydrogens (primary N) is 1. The molecule has 0 aromatic carbocycles. The van der Waals surface area contributed by atoms with E-state index in [0.29, 0.717) is 17.9 Å². The highest BCUT2D eigenvalue weighted by Gasteiger charge is 2.60. The fourth-order valence-corrected chi connectivity index (χ4v) is 5.96. The summed E-state index contributed by atoms with van der Waals surface area (Å²) in [5.74, 6) is -2.17. The van der Waals surface area contributed by atoms with Crippen LogP contribution in [-0.4, -0.2) is 82.7 Å². The van der Waals surface area contributed by atoms with Crippen molar-refractivity contribution in [1.82, 2.24) is 20.4 Å². The van der Waals surface area contributed by atoms with Gasteiger partial charge in [-0.05, 0) is 13.3 Å². The molecule has 3 aliphatic rings. The van der Waals surface area contributed by atoms with Gasteiger partial charge in [-0.25, -0.2) is 9.59 Å². The van der Waals surface area contributed by atoms with E-state index in [1.165, 1.54) is 21.6 Å². The van der Waals surface area contributed by atoms with Gasteiger partial charge >= 0.3 is 12.0 Å². The minimum Gasteiger partial charge on any atom is -0.477 e. The summed E-state index contributed by atoms with van der Waals surface area (Å²) < 4.78 is 0. The van der Waals surface area contributed by atoms with E-state index < -0.39 is 24.0 Å². The maximum absolute atomic E-state index is 12.7. The molecular weight excluding hydrogens is 398 g/mol. The third-order valence-corrected chi connectivity index (χ3v) is 7.33. The third-order valence-electron chi connectivity index (χ3n) is 5.82. The highest BCUT2D eigenvalue weighted by molar-refractivity contribution is 8.03. The summed E-state index contributed by atoms with van der Waals surface area (Å²) in [6.45, 7) is 4.18. The number of fused-ring (bicyclic) bond motifs is 1. The van der Waals surface area contributed by atoms with Crippen LogP contribution < -0.4 is 16.4 Å². The average Bonchev–Trinajstić information content (AvgIpc) is 3.16. The maximum atomic E-state index is 12.7. The van der Waals surface area contributed by atoms with Crippen LogP contribution in [0.4, 0.5) is 4.79 Å². The van der Waals surface area contributed by atoms with Gasteiger partial charge in [0.25, 0.3) is 0 Å². The predicted molar refractivity (Wildman–Crippen MR) is 107 cm³/mol. The van der Waals surface area contributed by atoms with Gasteiger partial charge in [0.05, 0.1) is 18.0 Å². The largest absolute Gasteiger partial charge is 0.477 e. The third kappa shape index (κ3) is 3.68. The lowest BCUT2D eigenvalue weighted by Gasteiger charge is -2.47. The molecule has 3 aliphatic heterocycles.